The van der Waals surface area contributed by atoms with Crippen LogP contribution in [0.15, 0.2) is 42.7 Å². The van der Waals surface area contributed by atoms with Crippen molar-refractivity contribution >= 4 is 17.5 Å². The molecule has 0 spiro atoms. The second-order valence-electron chi connectivity index (χ2n) is 5.08. The molecule has 1 N–H and O–H groups in total. The van der Waals surface area contributed by atoms with Gasteiger partial charge >= 0.3 is 6.09 Å². The normalized spacial score (nSPS) is 11.8. The SMILES string of the molecule is CCOC(=O)N(C)c1ccc(NC(C)Cn2cccn2)cc1. The van der Waals surface area contributed by atoms with Crippen molar-refractivity contribution in [3.63, 3.8) is 0 Å². The van der Waals surface area contributed by atoms with Crippen molar-refractivity contribution in [1.29, 1.82) is 0 Å². The fraction of sp³-hybridized carbons (Fsp3) is 0.375. The third-order valence-corrected chi connectivity index (χ3v) is 3.23. The van der Waals surface area contributed by atoms with Crippen LogP contribution in [0.5, 0.6) is 0 Å². The van der Waals surface area contributed by atoms with Crippen LogP contribution in [0.4, 0.5) is 16.2 Å². The fourth-order valence-corrected chi connectivity index (χ4v) is 2.13. The lowest BCUT2D eigenvalue weighted by Crippen LogP contribution is -2.27. The highest BCUT2D eigenvalue weighted by Crippen LogP contribution is 2.18. The maximum atomic E-state index is 11.7. The van der Waals surface area contributed by atoms with Gasteiger partial charge < -0.3 is 10.1 Å². The number of carbonyl (C=O) groups is 1. The summed E-state index contributed by atoms with van der Waals surface area (Å²) in [7, 11) is 1.70. The Labute approximate surface area is 130 Å². The molecule has 1 heterocycles. The summed E-state index contributed by atoms with van der Waals surface area (Å²) in [5, 5.41) is 7.60. The monoisotopic (exact) mass is 302 g/mol. The number of aromatic nitrogens is 2. The third kappa shape index (κ3) is 4.25. The van der Waals surface area contributed by atoms with Gasteiger partial charge in [-0.25, -0.2) is 4.79 Å². The maximum absolute atomic E-state index is 11.7. The molecule has 118 valence electrons. The van der Waals surface area contributed by atoms with Crippen LogP contribution in [0.3, 0.4) is 0 Å². The van der Waals surface area contributed by atoms with Crippen LogP contribution >= 0.6 is 0 Å². The number of nitrogens with zero attached hydrogens (tertiary/aromatic N) is 3. The summed E-state index contributed by atoms with van der Waals surface area (Å²) >= 11 is 0. The lowest BCUT2D eigenvalue weighted by Gasteiger charge is -2.18. The Morgan fingerprint density at radius 1 is 1.41 bits per heavy atom. The predicted octanol–water partition coefficient (Wildman–Crippen LogP) is 2.98. The molecular formula is C16H22N4O2. The number of amides is 1. The molecule has 6 nitrogen and oxygen atoms in total. The number of hydrogen-bond acceptors (Lipinski definition) is 4. The third-order valence-electron chi connectivity index (χ3n) is 3.23. The van der Waals surface area contributed by atoms with Gasteiger partial charge in [0.05, 0.1) is 13.2 Å². The molecule has 0 radical (unpaired) electrons. The number of rotatable bonds is 6. The van der Waals surface area contributed by atoms with Gasteiger partial charge in [-0.15, -0.1) is 0 Å². The first-order valence-electron chi connectivity index (χ1n) is 7.34. The van der Waals surface area contributed by atoms with E-state index in [1.165, 1.54) is 4.90 Å². The minimum absolute atomic E-state index is 0.244. The lowest BCUT2D eigenvalue weighted by molar-refractivity contribution is 0.161. The summed E-state index contributed by atoms with van der Waals surface area (Å²) in [6.07, 6.45) is 3.36. The Morgan fingerprint density at radius 3 is 2.73 bits per heavy atom. The first-order chi connectivity index (χ1) is 10.6. The Morgan fingerprint density at radius 2 is 2.14 bits per heavy atom. The predicted molar refractivity (Wildman–Crippen MR) is 87.2 cm³/mol. The van der Waals surface area contributed by atoms with E-state index >= 15 is 0 Å². The second-order valence-corrected chi connectivity index (χ2v) is 5.08. The van der Waals surface area contributed by atoms with Gasteiger partial charge in [0.25, 0.3) is 0 Å². The minimum Gasteiger partial charge on any atom is -0.449 e. The molecule has 1 aromatic carbocycles. The average molecular weight is 302 g/mol. The summed E-state index contributed by atoms with van der Waals surface area (Å²) in [4.78, 5) is 13.1. The zero-order valence-electron chi connectivity index (χ0n) is 13.2. The van der Waals surface area contributed by atoms with Gasteiger partial charge in [0.1, 0.15) is 0 Å². The largest absolute Gasteiger partial charge is 0.449 e. The van der Waals surface area contributed by atoms with E-state index < -0.39 is 0 Å². The summed E-state index contributed by atoms with van der Waals surface area (Å²) in [5.74, 6) is 0. The number of hydrogen-bond donors (Lipinski definition) is 1. The number of anilines is 2. The van der Waals surface area contributed by atoms with Crippen molar-refractivity contribution in [2.24, 2.45) is 0 Å². The molecule has 1 aromatic heterocycles. The van der Waals surface area contributed by atoms with Crippen molar-refractivity contribution in [1.82, 2.24) is 9.78 Å². The average Bonchev–Trinajstić information content (AvgIpc) is 3.00. The number of nitrogens with one attached hydrogen (secondary N) is 1. The molecule has 0 fully saturated rings. The molecule has 0 saturated carbocycles. The van der Waals surface area contributed by atoms with Crippen molar-refractivity contribution in [3.8, 4) is 0 Å². The maximum Gasteiger partial charge on any atom is 0.413 e. The first kappa shape index (κ1) is 15.9. The van der Waals surface area contributed by atoms with Gasteiger partial charge in [-0.3, -0.25) is 9.58 Å². The zero-order valence-corrected chi connectivity index (χ0v) is 13.2. The molecule has 1 atom stereocenters. The molecule has 1 unspecified atom stereocenters. The molecule has 22 heavy (non-hydrogen) atoms. The second kappa shape index (κ2) is 7.49. The Balaban J connectivity index is 1.92. The fourth-order valence-electron chi connectivity index (χ4n) is 2.13. The van der Waals surface area contributed by atoms with Crippen molar-refractivity contribution in [2.75, 3.05) is 23.9 Å². The first-order valence-corrected chi connectivity index (χ1v) is 7.34. The van der Waals surface area contributed by atoms with E-state index in [0.29, 0.717) is 6.61 Å². The van der Waals surface area contributed by atoms with E-state index in [9.17, 15) is 4.79 Å². The van der Waals surface area contributed by atoms with Gasteiger partial charge in [-0.05, 0) is 44.2 Å². The summed E-state index contributed by atoms with van der Waals surface area (Å²) in [5.41, 5.74) is 1.80. The van der Waals surface area contributed by atoms with Crippen LogP contribution in [0, 0.1) is 0 Å². The molecule has 2 aromatic rings. The molecule has 0 bridgehead atoms. The van der Waals surface area contributed by atoms with Gasteiger partial charge in [0, 0.05) is 36.9 Å². The Bertz CT molecular complexity index is 581. The molecule has 6 heteroatoms. The summed E-state index contributed by atoms with van der Waals surface area (Å²) < 4.78 is 6.86. The Kier molecular flexibility index (Phi) is 5.41. The number of carbonyl (C=O) groups excluding carboxylic acids is 1. The molecule has 0 aliphatic heterocycles. The van der Waals surface area contributed by atoms with Crippen LogP contribution in [0.25, 0.3) is 0 Å². The topological polar surface area (TPSA) is 59.4 Å². The van der Waals surface area contributed by atoms with Gasteiger partial charge in [-0.1, -0.05) is 0 Å². The molecular weight excluding hydrogens is 280 g/mol. The summed E-state index contributed by atoms with van der Waals surface area (Å²) in [6, 6.07) is 9.83. The van der Waals surface area contributed by atoms with Crippen molar-refractivity contribution < 1.29 is 9.53 Å². The number of benzene rings is 1. The van der Waals surface area contributed by atoms with Gasteiger partial charge in [0.2, 0.25) is 0 Å². The molecule has 1 amide bonds. The van der Waals surface area contributed by atoms with E-state index in [4.69, 9.17) is 4.74 Å². The van der Waals surface area contributed by atoms with Gasteiger partial charge in [-0.2, -0.15) is 5.10 Å². The van der Waals surface area contributed by atoms with Gasteiger partial charge in [0.15, 0.2) is 0 Å². The summed E-state index contributed by atoms with van der Waals surface area (Å²) in [6.45, 7) is 5.05. The highest BCUT2D eigenvalue weighted by atomic mass is 16.6. The van der Waals surface area contributed by atoms with Crippen LogP contribution in [-0.2, 0) is 11.3 Å². The number of ether oxygens (including phenoxy) is 1. The highest BCUT2D eigenvalue weighted by molar-refractivity contribution is 5.87. The standard InChI is InChI=1S/C16H22N4O2/c1-4-22-16(21)19(3)15-8-6-14(7-9-15)18-13(2)12-20-11-5-10-17-20/h5-11,13,18H,4,12H2,1-3H3. The van der Waals surface area contributed by atoms with E-state index in [1.54, 1.807) is 20.2 Å². The lowest BCUT2D eigenvalue weighted by atomic mass is 10.2. The molecule has 0 aliphatic rings. The van der Waals surface area contributed by atoms with E-state index in [0.717, 1.165) is 17.9 Å². The van der Waals surface area contributed by atoms with Crippen LogP contribution in [-0.4, -0.2) is 35.6 Å². The molecule has 0 saturated heterocycles. The van der Waals surface area contributed by atoms with E-state index in [-0.39, 0.29) is 12.1 Å². The van der Waals surface area contributed by atoms with E-state index in [2.05, 4.69) is 17.3 Å². The van der Waals surface area contributed by atoms with Crippen LogP contribution in [0.2, 0.25) is 0 Å². The van der Waals surface area contributed by atoms with Crippen molar-refractivity contribution in [3.05, 3.63) is 42.7 Å². The minimum atomic E-state index is -0.352. The van der Waals surface area contributed by atoms with E-state index in [1.807, 2.05) is 41.2 Å². The molecule has 0 aliphatic carbocycles. The smallest absolute Gasteiger partial charge is 0.413 e. The molecule has 2 rings (SSSR count). The van der Waals surface area contributed by atoms with Crippen molar-refractivity contribution in [2.45, 2.75) is 26.4 Å². The Hall–Kier alpha value is -2.50. The quantitative estimate of drug-likeness (QED) is 0.891. The van der Waals surface area contributed by atoms with Crippen LogP contribution in [0.1, 0.15) is 13.8 Å². The highest BCUT2D eigenvalue weighted by Gasteiger charge is 2.11. The van der Waals surface area contributed by atoms with Crippen LogP contribution < -0.4 is 10.2 Å². The zero-order chi connectivity index (χ0) is 15.9.